The Morgan fingerprint density at radius 2 is 1.62 bits per heavy atom. The molecule has 2 aromatic carbocycles. The Hall–Kier alpha value is -4.00. The summed E-state index contributed by atoms with van der Waals surface area (Å²) in [4.78, 5) is 43.2. The summed E-state index contributed by atoms with van der Waals surface area (Å²) in [6, 6.07) is 17.1. The van der Waals surface area contributed by atoms with E-state index in [-0.39, 0.29) is 12.4 Å². The first-order valence-corrected chi connectivity index (χ1v) is 10.4. The van der Waals surface area contributed by atoms with Gasteiger partial charge in [0, 0.05) is 43.1 Å². The van der Waals surface area contributed by atoms with Gasteiger partial charge in [-0.15, -0.1) is 0 Å². The van der Waals surface area contributed by atoms with Gasteiger partial charge in [0.25, 0.3) is 5.56 Å². The Labute approximate surface area is 183 Å². The van der Waals surface area contributed by atoms with E-state index < -0.39 is 17.2 Å². The lowest BCUT2D eigenvalue weighted by Crippen LogP contribution is -2.41. The van der Waals surface area contributed by atoms with Crippen molar-refractivity contribution in [1.29, 1.82) is 0 Å². The third kappa shape index (κ3) is 2.74. The minimum atomic E-state index is -0.545. The van der Waals surface area contributed by atoms with E-state index in [0.717, 1.165) is 21.3 Å². The fourth-order valence-electron chi connectivity index (χ4n) is 4.45. The predicted octanol–water partition coefficient (Wildman–Crippen LogP) is 3.03. The van der Waals surface area contributed by atoms with Crippen LogP contribution in [0.4, 0.5) is 5.82 Å². The predicted molar refractivity (Wildman–Crippen MR) is 121 cm³/mol. The summed E-state index contributed by atoms with van der Waals surface area (Å²) in [6.07, 6.45) is 0.217. The number of aliphatic imine (C=N–C) groups is 1. The molecule has 2 aliphatic rings. The quantitative estimate of drug-likeness (QED) is 0.602. The molecule has 0 radical (unpaired) electrons. The van der Waals surface area contributed by atoms with E-state index in [2.05, 4.69) is 0 Å². The third-order valence-electron chi connectivity index (χ3n) is 6.03. The van der Waals surface area contributed by atoms with Gasteiger partial charge in [0.1, 0.15) is 11.6 Å². The van der Waals surface area contributed by atoms with Crippen LogP contribution in [0.2, 0.25) is 0 Å². The zero-order chi connectivity index (χ0) is 22.6. The van der Waals surface area contributed by atoms with Crippen LogP contribution in [0.25, 0.3) is 5.76 Å². The molecule has 0 bridgehead atoms. The van der Waals surface area contributed by atoms with Gasteiger partial charge in [-0.3, -0.25) is 18.7 Å². The lowest BCUT2D eigenvalue weighted by Gasteiger charge is -2.27. The summed E-state index contributed by atoms with van der Waals surface area (Å²) in [5.41, 5.74) is 3.22. The highest BCUT2D eigenvalue weighted by atomic mass is 16.5. The van der Waals surface area contributed by atoms with Crippen LogP contribution in [0.15, 0.2) is 74.8 Å². The van der Waals surface area contributed by atoms with Crippen molar-refractivity contribution < 1.29 is 9.53 Å². The fraction of sp³-hybridized carbons (Fsp3) is 0.200. The summed E-state index contributed by atoms with van der Waals surface area (Å²) in [6.45, 7) is 1.74. The van der Waals surface area contributed by atoms with Crippen molar-refractivity contribution in [1.82, 2.24) is 9.13 Å². The van der Waals surface area contributed by atoms with Crippen molar-refractivity contribution in [2.75, 3.05) is 0 Å². The molecule has 5 rings (SSSR count). The molecule has 7 nitrogen and oxygen atoms in total. The van der Waals surface area contributed by atoms with Crippen molar-refractivity contribution in [2.24, 2.45) is 19.1 Å². The average molecular weight is 427 g/mol. The first kappa shape index (κ1) is 19.9. The van der Waals surface area contributed by atoms with Crippen LogP contribution < -0.4 is 11.2 Å². The minimum absolute atomic E-state index is 0.217. The Kier molecular flexibility index (Phi) is 4.55. The zero-order valence-electron chi connectivity index (χ0n) is 18.0. The number of aromatic nitrogens is 2. The Bertz CT molecular complexity index is 1460. The number of allylic oxidation sites excluding steroid dienone is 1. The molecule has 0 saturated heterocycles. The standard InChI is InChI=1S/C25H21N3O4/c1-4-17(29)32-22-16-13-9-8-12-15(16)21-19(22)18(14-10-6-5-7-11-14)20-23(26-21)27(2)25(31)28(3)24(20)30/h5-13,18H,4H2,1-3H3. The first-order valence-electron chi connectivity index (χ1n) is 10.4. The van der Waals surface area contributed by atoms with Crippen LogP contribution in [-0.2, 0) is 23.6 Å². The number of hydrogen-bond acceptors (Lipinski definition) is 5. The minimum Gasteiger partial charge on any atom is -0.425 e. The number of ether oxygens (including phenoxy) is 1. The normalized spacial score (nSPS) is 16.2. The van der Waals surface area contributed by atoms with Gasteiger partial charge in [0.15, 0.2) is 0 Å². The first-order chi connectivity index (χ1) is 15.4. The molecule has 0 N–H and O–H groups in total. The number of esters is 1. The van der Waals surface area contributed by atoms with Crippen LogP contribution in [0, 0.1) is 0 Å². The molecule has 1 aromatic heterocycles. The number of rotatable bonds is 3. The maximum absolute atomic E-state index is 13.4. The molecule has 1 atom stereocenters. The van der Waals surface area contributed by atoms with Crippen molar-refractivity contribution in [2.45, 2.75) is 19.3 Å². The molecule has 2 heterocycles. The molecule has 3 aromatic rings. The number of carbonyl (C=O) groups excluding carboxylic acids is 1. The average Bonchev–Trinajstić information content (AvgIpc) is 3.13. The molecule has 0 amide bonds. The lowest BCUT2D eigenvalue weighted by atomic mass is 9.81. The largest absolute Gasteiger partial charge is 0.425 e. The second-order valence-corrected chi connectivity index (χ2v) is 7.86. The van der Waals surface area contributed by atoms with Crippen LogP contribution in [-0.4, -0.2) is 20.8 Å². The van der Waals surface area contributed by atoms with Gasteiger partial charge in [0.2, 0.25) is 0 Å². The Morgan fingerprint density at radius 1 is 0.969 bits per heavy atom. The van der Waals surface area contributed by atoms with E-state index in [0.29, 0.717) is 28.4 Å². The molecular formula is C25H21N3O4. The number of hydrogen-bond donors (Lipinski definition) is 0. The molecule has 0 fully saturated rings. The van der Waals surface area contributed by atoms with Gasteiger partial charge in [-0.25, -0.2) is 9.79 Å². The lowest BCUT2D eigenvalue weighted by molar-refractivity contribution is -0.136. The molecule has 1 aliphatic carbocycles. The second kappa shape index (κ2) is 7.30. The molecule has 160 valence electrons. The van der Waals surface area contributed by atoms with Crippen LogP contribution in [0.1, 0.15) is 41.5 Å². The van der Waals surface area contributed by atoms with Crippen molar-refractivity contribution in [3.8, 4) is 0 Å². The molecule has 0 saturated carbocycles. The van der Waals surface area contributed by atoms with Crippen molar-refractivity contribution in [3.05, 3.63) is 103 Å². The maximum atomic E-state index is 13.4. The zero-order valence-corrected chi connectivity index (χ0v) is 18.0. The second-order valence-electron chi connectivity index (χ2n) is 7.86. The molecule has 0 spiro atoms. The van der Waals surface area contributed by atoms with Crippen molar-refractivity contribution in [3.63, 3.8) is 0 Å². The van der Waals surface area contributed by atoms with Gasteiger partial charge >= 0.3 is 11.7 Å². The van der Waals surface area contributed by atoms with E-state index in [1.165, 1.54) is 11.6 Å². The van der Waals surface area contributed by atoms with E-state index >= 15 is 0 Å². The highest BCUT2D eigenvalue weighted by Gasteiger charge is 2.42. The van der Waals surface area contributed by atoms with E-state index in [1.807, 2.05) is 54.6 Å². The van der Waals surface area contributed by atoms with Crippen LogP contribution >= 0.6 is 0 Å². The Balaban J connectivity index is 1.94. The van der Waals surface area contributed by atoms with E-state index in [1.54, 1.807) is 14.0 Å². The number of carbonyl (C=O) groups is 1. The smallest absolute Gasteiger partial charge is 0.332 e. The van der Waals surface area contributed by atoms with Gasteiger partial charge in [-0.1, -0.05) is 61.5 Å². The van der Waals surface area contributed by atoms with Gasteiger partial charge in [-0.05, 0) is 5.56 Å². The summed E-state index contributed by atoms with van der Waals surface area (Å²) in [7, 11) is 3.07. The monoisotopic (exact) mass is 427 g/mol. The SMILES string of the molecule is CCC(=O)OC1=C2C(=Nc3c(c(=O)n(C)c(=O)n3C)C2c2ccccc2)c2ccccc21. The summed E-state index contributed by atoms with van der Waals surface area (Å²) >= 11 is 0. The highest BCUT2D eigenvalue weighted by Crippen LogP contribution is 2.48. The Morgan fingerprint density at radius 3 is 2.31 bits per heavy atom. The third-order valence-corrected chi connectivity index (χ3v) is 6.03. The molecule has 1 aliphatic heterocycles. The van der Waals surface area contributed by atoms with Crippen LogP contribution in [0.5, 0.6) is 0 Å². The number of benzene rings is 2. The summed E-state index contributed by atoms with van der Waals surface area (Å²) in [5, 5.41) is 0. The molecule has 1 unspecified atom stereocenters. The van der Waals surface area contributed by atoms with E-state index in [9.17, 15) is 14.4 Å². The molecule has 7 heteroatoms. The number of fused-ring (bicyclic) bond motifs is 4. The van der Waals surface area contributed by atoms with E-state index in [4.69, 9.17) is 9.73 Å². The van der Waals surface area contributed by atoms with Crippen LogP contribution in [0.3, 0.4) is 0 Å². The molecule has 32 heavy (non-hydrogen) atoms. The number of nitrogens with zero attached hydrogens (tertiary/aromatic N) is 3. The van der Waals surface area contributed by atoms with Gasteiger partial charge in [0.05, 0.1) is 11.3 Å². The topological polar surface area (TPSA) is 82.7 Å². The van der Waals surface area contributed by atoms with Crippen molar-refractivity contribution >= 4 is 23.3 Å². The summed E-state index contributed by atoms with van der Waals surface area (Å²) < 4.78 is 8.32. The molecular weight excluding hydrogens is 406 g/mol. The van der Waals surface area contributed by atoms with Gasteiger partial charge in [-0.2, -0.15) is 0 Å². The summed E-state index contributed by atoms with van der Waals surface area (Å²) in [5.74, 6) is -0.170. The van der Waals surface area contributed by atoms with Gasteiger partial charge < -0.3 is 4.74 Å². The highest BCUT2D eigenvalue weighted by molar-refractivity contribution is 6.25. The fourth-order valence-corrected chi connectivity index (χ4v) is 4.45. The maximum Gasteiger partial charge on any atom is 0.332 e.